The molecule has 1 saturated heterocycles. The summed E-state index contributed by atoms with van der Waals surface area (Å²) in [5.41, 5.74) is 8.33. The van der Waals surface area contributed by atoms with Crippen molar-refractivity contribution in [3.05, 3.63) is 35.4 Å². The maximum Gasteiger partial charge on any atom is 0.0644 e. The van der Waals surface area contributed by atoms with Gasteiger partial charge in [0.2, 0.25) is 0 Å². The second-order valence-electron chi connectivity index (χ2n) is 6.19. The zero-order chi connectivity index (χ0) is 14.0. The summed E-state index contributed by atoms with van der Waals surface area (Å²) >= 11 is 0. The molecule has 1 aliphatic heterocycles. The van der Waals surface area contributed by atoms with Crippen molar-refractivity contribution >= 4 is 0 Å². The number of hydrogen-bond donors (Lipinski definition) is 2. The number of aliphatic hydroxyl groups is 1. The van der Waals surface area contributed by atoms with Gasteiger partial charge in [-0.3, -0.25) is 4.90 Å². The third-order valence-corrected chi connectivity index (χ3v) is 4.27. The molecule has 0 amide bonds. The van der Waals surface area contributed by atoms with Crippen molar-refractivity contribution in [3.63, 3.8) is 0 Å². The van der Waals surface area contributed by atoms with Crippen molar-refractivity contribution in [2.75, 3.05) is 13.1 Å². The molecule has 0 aromatic heterocycles. The minimum Gasteiger partial charge on any atom is -0.390 e. The van der Waals surface area contributed by atoms with Crippen molar-refractivity contribution in [3.8, 4) is 0 Å². The first-order chi connectivity index (χ1) is 8.91. The molecule has 1 aromatic rings. The van der Waals surface area contributed by atoms with Crippen LogP contribution in [0.1, 0.15) is 43.9 Å². The number of benzene rings is 1. The topological polar surface area (TPSA) is 49.5 Å². The summed E-state index contributed by atoms with van der Waals surface area (Å²) in [6, 6.07) is 8.80. The molecule has 1 fully saturated rings. The lowest BCUT2D eigenvalue weighted by atomic mass is 9.89. The lowest BCUT2D eigenvalue weighted by Crippen LogP contribution is -2.48. The van der Waals surface area contributed by atoms with Gasteiger partial charge in [-0.2, -0.15) is 0 Å². The van der Waals surface area contributed by atoms with E-state index in [1.807, 2.05) is 6.92 Å². The highest BCUT2D eigenvalue weighted by Crippen LogP contribution is 2.31. The van der Waals surface area contributed by atoms with Gasteiger partial charge in [0.1, 0.15) is 0 Å². The molecule has 0 aliphatic carbocycles. The van der Waals surface area contributed by atoms with E-state index >= 15 is 0 Å². The number of aryl methyl sites for hydroxylation is 1. The summed E-state index contributed by atoms with van der Waals surface area (Å²) in [6.07, 6.45) is 1.64. The van der Waals surface area contributed by atoms with Gasteiger partial charge in [0.25, 0.3) is 0 Å². The van der Waals surface area contributed by atoms with E-state index in [0.717, 1.165) is 25.9 Å². The van der Waals surface area contributed by atoms with Crippen LogP contribution in [0.25, 0.3) is 0 Å². The minimum absolute atomic E-state index is 0.0872. The zero-order valence-electron chi connectivity index (χ0n) is 12.3. The van der Waals surface area contributed by atoms with E-state index in [-0.39, 0.29) is 12.1 Å². The van der Waals surface area contributed by atoms with Crippen LogP contribution in [0, 0.1) is 6.92 Å². The van der Waals surface area contributed by atoms with Gasteiger partial charge in [0.15, 0.2) is 0 Å². The van der Waals surface area contributed by atoms with Crippen LogP contribution in [0.5, 0.6) is 0 Å². The van der Waals surface area contributed by atoms with Crippen molar-refractivity contribution in [2.24, 2.45) is 5.73 Å². The molecule has 106 valence electrons. The standard InChI is InChI=1S/C16H26N2O/c1-12-6-4-5-7-14(12)15(13(2)17)18-10-8-16(3,19)9-11-18/h4-7,13,15,19H,8-11,17H2,1-3H3. The molecule has 2 rings (SSSR count). The van der Waals surface area contributed by atoms with Gasteiger partial charge in [-0.25, -0.2) is 0 Å². The summed E-state index contributed by atoms with van der Waals surface area (Å²) in [7, 11) is 0. The Morgan fingerprint density at radius 1 is 1.26 bits per heavy atom. The molecule has 2 atom stereocenters. The molecule has 19 heavy (non-hydrogen) atoms. The van der Waals surface area contributed by atoms with Crippen LogP contribution >= 0.6 is 0 Å². The first kappa shape index (κ1) is 14.5. The third-order valence-electron chi connectivity index (χ3n) is 4.27. The third kappa shape index (κ3) is 3.35. The Labute approximate surface area is 116 Å². The van der Waals surface area contributed by atoms with Gasteiger partial charge in [-0.1, -0.05) is 24.3 Å². The Morgan fingerprint density at radius 3 is 2.37 bits per heavy atom. The van der Waals surface area contributed by atoms with Gasteiger partial charge in [-0.15, -0.1) is 0 Å². The molecule has 0 radical (unpaired) electrons. The van der Waals surface area contributed by atoms with Crippen LogP contribution in [0.3, 0.4) is 0 Å². The van der Waals surface area contributed by atoms with E-state index in [9.17, 15) is 5.11 Å². The number of nitrogens with zero attached hydrogens (tertiary/aromatic N) is 1. The van der Waals surface area contributed by atoms with Crippen LogP contribution in [-0.2, 0) is 0 Å². The average molecular weight is 262 g/mol. The van der Waals surface area contributed by atoms with E-state index in [1.165, 1.54) is 11.1 Å². The zero-order valence-corrected chi connectivity index (χ0v) is 12.3. The van der Waals surface area contributed by atoms with Crippen LogP contribution in [0.15, 0.2) is 24.3 Å². The maximum absolute atomic E-state index is 10.1. The Bertz CT molecular complexity index is 419. The second kappa shape index (κ2) is 5.61. The molecule has 3 nitrogen and oxygen atoms in total. The molecule has 1 heterocycles. The van der Waals surface area contributed by atoms with Gasteiger partial charge >= 0.3 is 0 Å². The van der Waals surface area contributed by atoms with Crippen molar-refractivity contribution < 1.29 is 5.11 Å². The van der Waals surface area contributed by atoms with Crippen molar-refractivity contribution in [1.82, 2.24) is 4.90 Å². The molecule has 2 unspecified atom stereocenters. The lowest BCUT2D eigenvalue weighted by Gasteiger charge is -2.42. The van der Waals surface area contributed by atoms with Gasteiger partial charge in [-0.05, 0) is 44.7 Å². The summed E-state index contributed by atoms with van der Waals surface area (Å²) in [5, 5.41) is 10.1. The normalized spacial score (nSPS) is 23.0. The molecule has 0 bridgehead atoms. The number of piperidine rings is 1. The largest absolute Gasteiger partial charge is 0.390 e. The molecule has 1 aromatic carbocycles. The minimum atomic E-state index is -0.509. The Kier molecular flexibility index (Phi) is 4.29. The smallest absolute Gasteiger partial charge is 0.0644 e. The van der Waals surface area contributed by atoms with Crippen LogP contribution in [-0.4, -0.2) is 34.7 Å². The van der Waals surface area contributed by atoms with Crippen molar-refractivity contribution in [1.29, 1.82) is 0 Å². The molecule has 3 heteroatoms. The first-order valence-corrected chi connectivity index (χ1v) is 7.18. The quantitative estimate of drug-likeness (QED) is 0.878. The fourth-order valence-electron chi connectivity index (χ4n) is 3.02. The monoisotopic (exact) mass is 262 g/mol. The number of likely N-dealkylation sites (tertiary alicyclic amines) is 1. The molecule has 0 spiro atoms. The van der Waals surface area contributed by atoms with Gasteiger partial charge in [0, 0.05) is 25.2 Å². The van der Waals surface area contributed by atoms with Crippen molar-refractivity contribution in [2.45, 2.75) is 51.3 Å². The molecule has 1 aliphatic rings. The highest BCUT2D eigenvalue weighted by Gasteiger charge is 2.33. The fraction of sp³-hybridized carbons (Fsp3) is 0.625. The van der Waals surface area contributed by atoms with E-state index < -0.39 is 5.60 Å². The van der Waals surface area contributed by atoms with Crippen LogP contribution < -0.4 is 5.73 Å². The lowest BCUT2D eigenvalue weighted by molar-refractivity contribution is -0.0195. The Hall–Kier alpha value is -0.900. The van der Waals surface area contributed by atoms with Gasteiger partial charge in [0.05, 0.1) is 5.60 Å². The predicted molar refractivity (Wildman–Crippen MR) is 79.0 cm³/mol. The summed E-state index contributed by atoms with van der Waals surface area (Å²) in [4.78, 5) is 2.42. The number of nitrogens with two attached hydrogens (primary N) is 1. The van der Waals surface area contributed by atoms with Crippen LogP contribution in [0.2, 0.25) is 0 Å². The summed E-state index contributed by atoms with van der Waals surface area (Å²) in [6.45, 7) is 7.97. The van der Waals surface area contributed by atoms with E-state index in [2.05, 4.69) is 43.0 Å². The second-order valence-corrected chi connectivity index (χ2v) is 6.19. The highest BCUT2D eigenvalue weighted by molar-refractivity contribution is 5.30. The molecule has 3 N–H and O–H groups in total. The first-order valence-electron chi connectivity index (χ1n) is 7.18. The van der Waals surface area contributed by atoms with E-state index in [0.29, 0.717) is 0 Å². The Morgan fingerprint density at radius 2 is 1.84 bits per heavy atom. The Balaban J connectivity index is 2.20. The summed E-state index contributed by atoms with van der Waals surface area (Å²) < 4.78 is 0. The number of rotatable bonds is 3. The fourth-order valence-corrected chi connectivity index (χ4v) is 3.02. The number of hydrogen-bond acceptors (Lipinski definition) is 3. The predicted octanol–water partition coefficient (Wildman–Crippen LogP) is 2.23. The molecular formula is C16H26N2O. The maximum atomic E-state index is 10.1. The molecule has 0 saturated carbocycles. The van der Waals surface area contributed by atoms with E-state index in [1.54, 1.807) is 0 Å². The molecular weight excluding hydrogens is 236 g/mol. The SMILES string of the molecule is Cc1ccccc1C(C(C)N)N1CCC(C)(O)CC1. The van der Waals surface area contributed by atoms with E-state index in [4.69, 9.17) is 5.73 Å². The average Bonchev–Trinajstić information content (AvgIpc) is 2.33. The highest BCUT2D eigenvalue weighted by atomic mass is 16.3. The van der Waals surface area contributed by atoms with Gasteiger partial charge < -0.3 is 10.8 Å². The summed E-state index contributed by atoms with van der Waals surface area (Å²) in [5.74, 6) is 0. The van der Waals surface area contributed by atoms with Crippen LogP contribution in [0.4, 0.5) is 0 Å².